The number of benzene rings is 1. The van der Waals surface area contributed by atoms with Gasteiger partial charge in [-0.05, 0) is 56.5 Å². The van der Waals surface area contributed by atoms with Gasteiger partial charge in [-0.3, -0.25) is 4.79 Å². The maximum atomic E-state index is 12.5. The topological polar surface area (TPSA) is 57.8 Å². The van der Waals surface area contributed by atoms with Crippen LogP contribution < -0.4 is 5.32 Å². The van der Waals surface area contributed by atoms with Crippen molar-refractivity contribution in [2.24, 2.45) is 0 Å². The maximum absolute atomic E-state index is 12.5. The van der Waals surface area contributed by atoms with Crippen molar-refractivity contribution in [3.63, 3.8) is 0 Å². The number of aromatic nitrogens is 1. The smallest absolute Gasteiger partial charge is 0.262 e. The minimum absolute atomic E-state index is 0.170. The predicted molar refractivity (Wildman–Crippen MR) is 104 cm³/mol. The molecule has 0 atom stereocenters. The molecule has 1 aliphatic carbocycles. The summed E-state index contributed by atoms with van der Waals surface area (Å²) in [6.45, 7) is 4.05. The van der Waals surface area contributed by atoms with Gasteiger partial charge in [0.05, 0.1) is 0 Å². The molecule has 0 saturated heterocycles. The molecular formula is C22H25N3O. The third-order valence-corrected chi connectivity index (χ3v) is 5.09. The molecule has 1 N–H and O–H groups in total. The van der Waals surface area contributed by atoms with E-state index in [9.17, 15) is 10.1 Å². The van der Waals surface area contributed by atoms with Gasteiger partial charge < -0.3 is 9.88 Å². The van der Waals surface area contributed by atoms with E-state index in [1.165, 1.54) is 6.42 Å². The molecular weight excluding hydrogens is 322 g/mol. The zero-order valence-electron chi connectivity index (χ0n) is 15.5. The van der Waals surface area contributed by atoms with Crippen LogP contribution in [0.25, 0.3) is 11.8 Å². The van der Waals surface area contributed by atoms with Crippen LogP contribution in [0.1, 0.15) is 49.1 Å². The number of nitrogens with one attached hydrogen (secondary N) is 1. The van der Waals surface area contributed by atoms with Crippen LogP contribution in [-0.4, -0.2) is 16.5 Å². The van der Waals surface area contributed by atoms with Crippen LogP contribution in [0.2, 0.25) is 0 Å². The van der Waals surface area contributed by atoms with Gasteiger partial charge in [0.1, 0.15) is 11.6 Å². The zero-order chi connectivity index (χ0) is 18.5. The Hall–Kier alpha value is -2.80. The lowest BCUT2D eigenvalue weighted by Crippen LogP contribution is -2.36. The van der Waals surface area contributed by atoms with Gasteiger partial charge in [-0.1, -0.05) is 37.5 Å². The lowest BCUT2D eigenvalue weighted by atomic mass is 9.95. The fraction of sp³-hybridized carbons (Fsp3) is 0.364. The van der Waals surface area contributed by atoms with Gasteiger partial charge in [0, 0.05) is 23.1 Å². The number of rotatable bonds is 4. The first-order chi connectivity index (χ1) is 12.6. The van der Waals surface area contributed by atoms with E-state index in [2.05, 4.69) is 28.1 Å². The number of carbonyl (C=O) groups excluding carboxylic acids is 1. The summed E-state index contributed by atoms with van der Waals surface area (Å²) in [4.78, 5) is 12.5. The number of hydrogen-bond acceptors (Lipinski definition) is 2. The lowest BCUT2D eigenvalue weighted by Gasteiger charge is -2.22. The molecule has 3 rings (SSSR count). The van der Waals surface area contributed by atoms with Gasteiger partial charge in [-0.15, -0.1) is 0 Å². The van der Waals surface area contributed by atoms with Crippen molar-refractivity contribution < 1.29 is 4.79 Å². The highest BCUT2D eigenvalue weighted by molar-refractivity contribution is 6.02. The van der Waals surface area contributed by atoms with Crippen molar-refractivity contribution in [3.8, 4) is 11.8 Å². The van der Waals surface area contributed by atoms with Gasteiger partial charge in [0.25, 0.3) is 5.91 Å². The summed E-state index contributed by atoms with van der Waals surface area (Å²) in [5, 5.41) is 12.5. The largest absolute Gasteiger partial charge is 0.349 e. The second kappa shape index (κ2) is 8.05. The van der Waals surface area contributed by atoms with Gasteiger partial charge >= 0.3 is 0 Å². The van der Waals surface area contributed by atoms with E-state index < -0.39 is 0 Å². The fourth-order valence-electron chi connectivity index (χ4n) is 3.72. The van der Waals surface area contributed by atoms with Crippen molar-refractivity contribution >= 4 is 12.0 Å². The lowest BCUT2D eigenvalue weighted by molar-refractivity contribution is -0.117. The Balaban J connectivity index is 1.85. The Morgan fingerprint density at radius 1 is 1.19 bits per heavy atom. The van der Waals surface area contributed by atoms with E-state index in [0.29, 0.717) is 0 Å². The Morgan fingerprint density at radius 2 is 1.88 bits per heavy atom. The molecule has 0 radical (unpaired) electrons. The number of amides is 1. The Morgan fingerprint density at radius 3 is 2.54 bits per heavy atom. The second-order valence-corrected chi connectivity index (χ2v) is 6.98. The summed E-state index contributed by atoms with van der Waals surface area (Å²) in [7, 11) is 0. The van der Waals surface area contributed by atoms with Crippen molar-refractivity contribution in [3.05, 3.63) is 58.9 Å². The van der Waals surface area contributed by atoms with Gasteiger partial charge in [0.2, 0.25) is 0 Å². The van der Waals surface area contributed by atoms with Crippen molar-refractivity contribution in [2.75, 3.05) is 0 Å². The normalized spacial score (nSPS) is 15.5. The first kappa shape index (κ1) is 18.0. The van der Waals surface area contributed by atoms with E-state index in [1.54, 1.807) is 6.08 Å². The summed E-state index contributed by atoms with van der Waals surface area (Å²) in [5.74, 6) is -0.260. The molecule has 1 heterocycles. The molecule has 1 aromatic heterocycles. The standard InChI is InChI=1S/C22H25N3O/c1-16-13-18(17(2)25(16)21-11-7-4-8-12-21)14-19(15-23)22(26)24-20-9-5-3-6-10-20/h4,7-8,11-14,20H,3,5-6,9-10H2,1-2H3,(H,24,26)/b19-14+. The molecule has 0 unspecified atom stereocenters. The zero-order valence-corrected chi connectivity index (χ0v) is 15.5. The van der Waals surface area contributed by atoms with Crippen LogP contribution in [0, 0.1) is 25.2 Å². The highest BCUT2D eigenvalue weighted by Gasteiger charge is 2.19. The quantitative estimate of drug-likeness (QED) is 0.656. The Kier molecular flexibility index (Phi) is 5.58. The molecule has 1 aliphatic rings. The summed E-state index contributed by atoms with van der Waals surface area (Å²) < 4.78 is 2.14. The summed E-state index contributed by atoms with van der Waals surface area (Å²) in [5.41, 5.74) is 4.25. The number of nitrogens with zero attached hydrogens (tertiary/aromatic N) is 2. The number of carbonyl (C=O) groups is 1. The Bertz CT molecular complexity index is 850. The van der Waals surface area contributed by atoms with Crippen LogP contribution in [-0.2, 0) is 4.79 Å². The fourth-order valence-corrected chi connectivity index (χ4v) is 3.72. The molecule has 1 amide bonds. The first-order valence-electron chi connectivity index (χ1n) is 9.27. The van der Waals surface area contributed by atoms with E-state index >= 15 is 0 Å². The SMILES string of the molecule is Cc1cc(/C=C(\C#N)C(=O)NC2CCCCC2)c(C)n1-c1ccccc1. The highest BCUT2D eigenvalue weighted by atomic mass is 16.1. The predicted octanol–water partition coefficient (Wildman–Crippen LogP) is 4.45. The van der Waals surface area contributed by atoms with Crippen molar-refractivity contribution in [2.45, 2.75) is 52.0 Å². The third-order valence-electron chi connectivity index (χ3n) is 5.09. The van der Waals surface area contributed by atoms with Crippen molar-refractivity contribution in [1.82, 2.24) is 9.88 Å². The Labute approximate surface area is 155 Å². The second-order valence-electron chi connectivity index (χ2n) is 6.98. The molecule has 1 aromatic carbocycles. The average molecular weight is 347 g/mol. The van der Waals surface area contributed by atoms with E-state index in [4.69, 9.17) is 0 Å². The minimum Gasteiger partial charge on any atom is -0.349 e. The molecule has 4 heteroatoms. The summed E-state index contributed by atoms with van der Waals surface area (Å²) >= 11 is 0. The molecule has 0 aliphatic heterocycles. The number of hydrogen-bond donors (Lipinski definition) is 1. The van der Waals surface area contributed by atoms with E-state index in [0.717, 1.165) is 48.3 Å². The van der Waals surface area contributed by atoms with Crippen LogP contribution in [0.4, 0.5) is 0 Å². The van der Waals surface area contributed by atoms with E-state index in [-0.39, 0.29) is 17.5 Å². The molecule has 2 aromatic rings. The highest BCUT2D eigenvalue weighted by Crippen LogP contribution is 2.23. The first-order valence-corrected chi connectivity index (χ1v) is 9.27. The maximum Gasteiger partial charge on any atom is 0.262 e. The third kappa shape index (κ3) is 3.88. The molecule has 26 heavy (non-hydrogen) atoms. The molecule has 1 saturated carbocycles. The van der Waals surface area contributed by atoms with Crippen LogP contribution >= 0.6 is 0 Å². The van der Waals surface area contributed by atoms with Crippen LogP contribution in [0.15, 0.2) is 42.0 Å². The monoisotopic (exact) mass is 347 g/mol. The van der Waals surface area contributed by atoms with E-state index in [1.807, 2.05) is 38.1 Å². The molecule has 0 bridgehead atoms. The van der Waals surface area contributed by atoms with Gasteiger partial charge in [-0.25, -0.2) is 0 Å². The van der Waals surface area contributed by atoms with Gasteiger partial charge in [-0.2, -0.15) is 5.26 Å². The summed E-state index contributed by atoms with van der Waals surface area (Å²) in [6.07, 6.45) is 7.25. The number of para-hydroxylation sites is 1. The van der Waals surface area contributed by atoms with Crippen LogP contribution in [0.5, 0.6) is 0 Å². The number of nitriles is 1. The summed E-state index contributed by atoms with van der Waals surface area (Å²) in [6, 6.07) is 14.4. The average Bonchev–Trinajstić information content (AvgIpc) is 2.94. The number of aryl methyl sites for hydroxylation is 1. The van der Waals surface area contributed by atoms with Gasteiger partial charge in [0.15, 0.2) is 0 Å². The molecule has 0 spiro atoms. The minimum atomic E-state index is -0.260. The van der Waals surface area contributed by atoms with Crippen LogP contribution in [0.3, 0.4) is 0 Å². The molecule has 134 valence electrons. The molecule has 4 nitrogen and oxygen atoms in total. The molecule has 1 fully saturated rings. The van der Waals surface area contributed by atoms with Crippen molar-refractivity contribution in [1.29, 1.82) is 5.26 Å².